The lowest BCUT2D eigenvalue weighted by Crippen LogP contribution is -2.32. The van der Waals surface area contributed by atoms with Gasteiger partial charge in [-0.3, -0.25) is 9.59 Å². The minimum Gasteiger partial charge on any atom is -0.496 e. The Labute approximate surface area is 201 Å². The molecule has 1 N–H and O–H groups in total. The molecule has 168 valence electrons. The van der Waals surface area contributed by atoms with E-state index in [1.165, 1.54) is 18.4 Å². The molecule has 8 heteroatoms. The standard InChI is InChI=1S/C24H24Cl2N2O3S/c1-28(2)11-10-27-22(29)13-16-12-21(32-24(16)15-4-6-17(25)7-5-15)23(30)19-9-8-18(26)14-20(19)31-3/h4-9,12,14H,10-11,13H2,1-3H3,(H,27,29). The van der Waals surface area contributed by atoms with Crippen molar-refractivity contribution >= 4 is 46.2 Å². The number of halogens is 2. The summed E-state index contributed by atoms with van der Waals surface area (Å²) < 4.78 is 5.35. The molecule has 2 aromatic carbocycles. The summed E-state index contributed by atoms with van der Waals surface area (Å²) in [6, 6.07) is 14.1. The normalized spacial score (nSPS) is 10.9. The fraction of sp³-hybridized carbons (Fsp3) is 0.250. The zero-order chi connectivity index (χ0) is 23.3. The summed E-state index contributed by atoms with van der Waals surface area (Å²) in [5, 5.41) is 4.04. The lowest BCUT2D eigenvalue weighted by molar-refractivity contribution is -0.120. The highest BCUT2D eigenvalue weighted by atomic mass is 35.5. The first-order chi connectivity index (χ1) is 15.3. The summed E-state index contributed by atoms with van der Waals surface area (Å²) in [6.45, 7) is 1.31. The van der Waals surface area contributed by atoms with Crippen molar-refractivity contribution in [2.75, 3.05) is 34.3 Å². The first-order valence-corrected chi connectivity index (χ1v) is 11.5. The van der Waals surface area contributed by atoms with Crippen molar-refractivity contribution in [1.82, 2.24) is 10.2 Å². The molecular formula is C24H24Cl2N2O3S. The van der Waals surface area contributed by atoms with Crippen molar-refractivity contribution in [3.05, 3.63) is 74.6 Å². The first-order valence-electron chi connectivity index (χ1n) is 9.96. The van der Waals surface area contributed by atoms with Gasteiger partial charge in [0.15, 0.2) is 0 Å². The number of nitrogens with one attached hydrogen (secondary N) is 1. The fourth-order valence-corrected chi connectivity index (χ4v) is 4.59. The van der Waals surface area contributed by atoms with Crippen molar-refractivity contribution in [3.8, 4) is 16.2 Å². The molecule has 0 unspecified atom stereocenters. The molecular weight excluding hydrogens is 467 g/mol. The van der Waals surface area contributed by atoms with E-state index in [-0.39, 0.29) is 18.1 Å². The Morgan fingerprint density at radius 2 is 1.72 bits per heavy atom. The molecule has 0 atom stereocenters. The number of likely N-dealkylation sites (N-methyl/N-ethyl adjacent to an activating group) is 1. The highest BCUT2D eigenvalue weighted by molar-refractivity contribution is 7.17. The summed E-state index contributed by atoms with van der Waals surface area (Å²) in [6.07, 6.45) is 0.174. The first kappa shape index (κ1) is 24.3. The van der Waals surface area contributed by atoms with E-state index < -0.39 is 0 Å². The highest BCUT2D eigenvalue weighted by Gasteiger charge is 2.21. The molecule has 3 aromatic rings. The molecule has 0 aliphatic carbocycles. The third kappa shape index (κ3) is 6.11. The fourth-order valence-electron chi connectivity index (χ4n) is 3.16. The number of nitrogens with zero attached hydrogens (tertiary/aromatic N) is 1. The van der Waals surface area contributed by atoms with E-state index in [9.17, 15) is 9.59 Å². The number of ketones is 1. The summed E-state index contributed by atoms with van der Waals surface area (Å²) >= 11 is 13.4. The van der Waals surface area contributed by atoms with E-state index in [1.807, 2.05) is 31.1 Å². The van der Waals surface area contributed by atoms with Gasteiger partial charge in [-0.2, -0.15) is 0 Å². The van der Waals surface area contributed by atoms with Gasteiger partial charge in [0.1, 0.15) is 5.75 Å². The maximum atomic E-state index is 13.3. The van der Waals surface area contributed by atoms with Gasteiger partial charge in [-0.1, -0.05) is 35.3 Å². The van der Waals surface area contributed by atoms with E-state index >= 15 is 0 Å². The van der Waals surface area contributed by atoms with Crippen LogP contribution in [0.3, 0.4) is 0 Å². The van der Waals surface area contributed by atoms with Gasteiger partial charge < -0.3 is 15.0 Å². The SMILES string of the molecule is COc1cc(Cl)ccc1C(=O)c1cc(CC(=O)NCCN(C)C)c(-c2ccc(Cl)cc2)s1. The topological polar surface area (TPSA) is 58.6 Å². The van der Waals surface area contributed by atoms with Crippen molar-refractivity contribution < 1.29 is 14.3 Å². The van der Waals surface area contributed by atoms with Crippen LogP contribution < -0.4 is 10.1 Å². The number of rotatable bonds is 9. The van der Waals surface area contributed by atoms with Crippen LogP contribution in [0.15, 0.2) is 48.5 Å². The number of hydrogen-bond acceptors (Lipinski definition) is 5. The molecule has 1 heterocycles. The zero-order valence-corrected chi connectivity index (χ0v) is 20.4. The lowest BCUT2D eigenvalue weighted by atomic mass is 10.0. The van der Waals surface area contributed by atoms with E-state index in [0.717, 1.165) is 22.5 Å². The predicted molar refractivity (Wildman–Crippen MR) is 131 cm³/mol. The third-order valence-electron chi connectivity index (χ3n) is 4.78. The Morgan fingerprint density at radius 3 is 2.38 bits per heavy atom. The summed E-state index contributed by atoms with van der Waals surface area (Å²) in [4.78, 5) is 29.2. The van der Waals surface area contributed by atoms with Crippen LogP contribution in [0, 0.1) is 0 Å². The second kappa shape index (κ2) is 11.0. The van der Waals surface area contributed by atoms with Gasteiger partial charge in [-0.05, 0) is 61.6 Å². The Bertz CT molecular complexity index is 1110. The van der Waals surface area contributed by atoms with Crippen LogP contribution in [0.4, 0.5) is 0 Å². The van der Waals surface area contributed by atoms with Crippen molar-refractivity contribution in [1.29, 1.82) is 0 Å². The molecule has 1 amide bonds. The number of carbonyl (C=O) groups excluding carboxylic acids is 2. The molecule has 0 spiro atoms. The van der Waals surface area contributed by atoms with E-state index in [4.69, 9.17) is 27.9 Å². The Kier molecular flexibility index (Phi) is 8.32. The van der Waals surface area contributed by atoms with E-state index in [1.54, 1.807) is 36.4 Å². The van der Waals surface area contributed by atoms with Gasteiger partial charge in [0.2, 0.25) is 11.7 Å². The van der Waals surface area contributed by atoms with Crippen LogP contribution in [0.25, 0.3) is 10.4 Å². The van der Waals surface area contributed by atoms with Crippen LogP contribution in [0.2, 0.25) is 10.0 Å². The van der Waals surface area contributed by atoms with Gasteiger partial charge in [-0.15, -0.1) is 11.3 Å². The Balaban J connectivity index is 1.94. The maximum Gasteiger partial charge on any atom is 0.224 e. The molecule has 0 fully saturated rings. The Morgan fingerprint density at radius 1 is 1.03 bits per heavy atom. The second-order valence-electron chi connectivity index (χ2n) is 7.48. The molecule has 0 saturated heterocycles. The van der Waals surface area contributed by atoms with Crippen LogP contribution in [0.1, 0.15) is 20.8 Å². The number of hydrogen-bond donors (Lipinski definition) is 1. The quantitative estimate of drug-likeness (QED) is 0.419. The molecule has 0 radical (unpaired) electrons. The van der Waals surface area contributed by atoms with Gasteiger partial charge >= 0.3 is 0 Å². The molecule has 3 rings (SSSR count). The smallest absolute Gasteiger partial charge is 0.224 e. The van der Waals surface area contributed by atoms with E-state index in [0.29, 0.717) is 32.8 Å². The molecule has 0 saturated carbocycles. The summed E-state index contributed by atoms with van der Waals surface area (Å²) in [5.41, 5.74) is 2.11. The van der Waals surface area contributed by atoms with Crippen molar-refractivity contribution in [2.24, 2.45) is 0 Å². The van der Waals surface area contributed by atoms with Gasteiger partial charge in [-0.25, -0.2) is 0 Å². The van der Waals surface area contributed by atoms with Crippen molar-refractivity contribution in [3.63, 3.8) is 0 Å². The number of thiophene rings is 1. The predicted octanol–water partition coefficient (Wildman–Crippen LogP) is 5.18. The molecule has 32 heavy (non-hydrogen) atoms. The lowest BCUT2D eigenvalue weighted by Gasteiger charge is -2.10. The number of ether oxygens (including phenoxy) is 1. The third-order valence-corrected chi connectivity index (χ3v) is 6.49. The minimum absolute atomic E-state index is 0.0945. The number of amides is 1. The van der Waals surface area contributed by atoms with Gasteiger partial charge in [0.05, 0.1) is 24.0 Å². The maximum absolute atomic E-state index is 13.3. The summed E-state index contributed by atoms with van der Waals surface area (Å²) in [5.74, 6) is 0.132. The monoisotopic (exact) mass is 490 g/mol. The highest BCUT2D eigenvalue weighted by Crippen LogP contribution is 2.36. The number of methoxy groups -OCH3 is 1. The van der Waals surface area contributed by atoms with Crippen LogP contribution in [-0.4, -0.2) is 50.9 Å². The Hall–Kier alpha value is -2.38. The largest absolute Gasteiger partial charge is 0.496 e. The van der Waals surface area contributed by atoms with Crippen LogP contribution in [-0.2, 0) is 11.2 Å². The molecule has 5 nitrogen and oxygen atoms in total. The van der Waals surface area contributed by atoms with Gasteiger partial charge in [0.25, 0.3) is 0 Å². The molecule has 1 aromatic heterocycles. The molecule has 0 aliphatic heterocycles. The minimum atomic E-state index is -0.182. The number of carbonyl (C=O) groups is 2. The average molecular weight is 491 g/mol. The molecule has 0 aliphatic rings. The van der Waals surface area contributed by atoms with Crippen LogP contribution in [0.5, 0.6) is 5.75 Å². The van der Waals surface area contributed by atoms with Crippen molar-refractivity contribution in [2.45, 2.75) is 6.42 Å². The van der Waals surface area contributed by atoms with Crippen LogP contribution >= 0.6 is 34.5 Å². The van der Waals surface area contributed by atoms with E-state index in [2.05, 4.69) is 5.32 Å². The number of benzene rings is 2. The van der Waals surface area contributed by atoms with Gasteiger partial charge in [0, 0.05) is 28.0 Å². The molecule has 0 bridgehead atoms. The average Bonchev–Trinajstić information content (AvgIpc) is 3.17. The second-order valence-corrected chi connectivity index (χ2v) is 9.40. The zero-order valence-electron chi connectivity index (χ0n) is 18.1. The summed E-state index contributed by atoms with van der Waals surface area (Å²) in [7, 11) is 5.40.